The summed E-state index contributed by atoms with van der Waals surface area (Å²) >= 11 is 0. The van der Waals surface area contributed by atoms with Gasteiger partial charge >= 0.3 is 0 Å². The van der Waals surface area contributed by atoms with E-state index in [0.717, 1.165) is 0 Å². The van der Waals surface area contributed by atoms with Gasteiger partial charge < -0.3 is 19.3 Å². The number of hydrogen-bond donors (Lipinski definition) is 1. The number of aromatic nitrogens is 1. The summed E-state index contributed by atoms with van der Waals surface area (Å²) in [6.45, 7) is 3.26. The molecule has 0 atom stereocenters. The molecule has 158 valence electrons. The summed E-state index contributed by atoms with van der Waals surface area (Å²) in [5, 5.41) is 6.38. The minimum atomic E-state index is -3.76. The zero-order chi connectivity index (χ0) is 21.0. The SMILES string of the molecule is COc1ccc(OC)c(S(=O)(=O)N2CCN(CC(=O)Nc3cc(C)on3)CC2)c1. The molecule has 1 fully saturated rings. The molecule has 0 aliphatic carbocycles. The van der Waals surface area contributed by atoms with E-state index in [9.17, 15) is 13.2 Å². The maximum absolute atomic E-state index is 13.1. The van der Waals surface area contributed by atoms with E-state index < -0.39 is 10.0 Å². The molecule has 0 saturated carbocycles. The van der Waals surface area contributed by atoms with Crippen molar-refractivity contribution in [2.75, 3.05) is 52.3 Å². The summed E-state index contributed by atoms with van der Waals surface area (Å²) in [7, 11) is -0.857. The first-order valence-corrected chi connectivity index (χ1v) is 10.4. The first-order chi connectivity index (χ1) is 13.8. The van der Waals surface area contributed by atoms with E-state index in [-0.39, 0.29) is 36.2 Å². The Morgan fingerprint density at radius 1 is 1.17 bits per heavy atom. The second-order valence-corrected chi connectivity index (χ2v) is 8.47. The van der Waals surface area contributed by atoms with Gasteiger partial charge in [-0.25, -0.2) is 8.42 Å². The van der Waals surface area contributed by atoms with Crippen molar-refractivity contribution in [1.82, 2.24) is 14.4 Å². The number of carbonyl (C=O) groups is 1. The largest absolute Gasteiger partial charge is 0.497 e. The molecular weight excluding hydrogens is 400 g/mol. The van der Waals surface area contributed by atoms with Crippen LogP contribution in [0, 0.1) is 6.92 Å². The summed E-state index contributed by atoms with van der Waals surface area (Å²) < 4.78 is 42.8. The molecule has 1 N–H and O–H groups in total. The molecule has 10 nitrogen and oxygen atoms in total. The number of carbonyl (C=O) groups excluding carboxylic acids is 1. The van der Waals surface area contributed by atoms with E-state index in [1.54, 1.807) is 25.1 Å². The van der Waals surface area contributed by atoms with Crippen LogP contribution in [0.5, 0.6) is 11.5 Å². The quantitative estimate of drug-likeness (QED) is 0.699. The number of rotatable bonds is 7. The molecule has 29 heavy (non-hydrogen) atoms. The van der Waals surface area contributed by atoms with Crippen LogP contribution in [0.4, 0.5) is 5.82 Å². The van der Waals surface area contributed by atoms with Gasteiger partial charge in [0.1, 0.15) is 22.2 Å². The van der Waals surface area contributed by atoms with Gasteiger partial charge in [-0.05, 0) is 19.1 Å². The topological polar surface area (TPSA) is 114 Å². The van der Waals surface area contributed by atoms with Crippen molar-refractivity contribution >= 4 is 21.7 Å². The van der Waals surface area contributed by atoms with Gasteiger partial charge in [0.15, 0.2) is 5.82 Å². The minimum Gasteiger partial charge on any atom is -0.497 e. The van der Waals surface area contributed by atoms with Gasteiger partial charge in [-0.3, -0.25) is 9.69 Å². The van der Waals surface area contributed by atoms with Gasteiger partial charge in [-0.2, -0.15) is 4.31 Å². The number of benzene rings is 1. The Kier molecular flexibility index (Phi) is 6.40. The third kappa shape index (κ3) is 4.86. The maximum atomic E-state index is 13.1. The molecule has 0 bridgehead atoms. The molecule has 1 aliphatic heterocycles. The Hall–Kier alpha value is -2.63. The highest BCUT2D eigenvalue weighted by Gasteiger charge is 2.31. The van der Waals surface area contributed by atoms with E-state index in [4.69, 9.17) is 14.0 Å². The Bertz CT molecular complexity index is 966. The number of methoxy groups -OCH3 is 2. The van der Waals surface area contributed by atoms with Gasteiger partial charge in [0.2, 0.25) is 15.9 Å². The van der Waals surface area contributed by atoms with Crippen LogP contribution < -0.4 is 14.8 Å². The zero-order valence-corrected chi connectivity index (χ0v) is 17.4. The molecular formula is C18H24N4O6S. The smallest absolute Gasteiger partial charge is 0.246 e. The normalized spacial score (nSPS) is 15.8. The molecule has 11 heteroatoms. The lowest BCUT2D eigenvalue weighted by molar-refractivity contribution is -0.117. The summed E-state index contributed by atoms with van der Waals surface area (Å²) in [6.07, 6.45) is 0. The molecule has 0 radical (unpaired) electrons. The Balaban J connectivity index is 1.62. The third-order valence-electron chi connectivity index (χ3n) is 4.58. The maximum Gasteiger partial charge on any atom is 0.246 e. The number of nitrogens with zero attached hydrogens (tertiary/aromatic N) is 3. The first-order valence-electron chi connectivity index (χ1n) is 9.01. The number of nitrogens with one attached hydrogen (secondary N) is 1. The average molecular weight is 424 g/mol. The molecule has 1 aliphatic rings. The van der Waals surface area contributed by atoms with Crippen molar-refractivity contribution in [2.24, 2.45) is 0 Å². The highest BCUT2D eigenvalue weighted by Crippen LogP contribution is 2.31. The second kappa shape index (κ2) is 8.80. The zero-order valence-electron chi connectivity index (χ0n) is 16.5. The molecule has 1 amide bonds. The van der Waals surface area contributed by atoms with Gasteiger partial charge in [0.25, 0.3) is 0 Å². The Morgan fingerprint density at radius 3 is 2.48 bits per heavy atom. The fourth-order valence-electron chi connectivity index (χ4n) is 3.06. The van der Waals surface area contributed by atoms with Crippen LogP contribution in [-0.4, -0.2) is 75.6 Å². The molecule has 2 aromatic rings. The average Bonchev–Trinajstić information content (AvgIpc) is 3.12. The van der Waals surface area contributed by atoms with E-state index in [1.165, 1.54) is 24.6 Å². The molecule has 1 aromatic heterocycles. The number of piperazine rings is 1. The number of anilines is 1. The van der Waals surface area contributed by atoms with Crippen LogP contribution in [0.25, 0.3) is 0 Å². The number of ether oxygens (including phenoxy) is 2. The fraction of sp³-hybridized carbons (Fsp3) is 0.444. The van der Waals surface area contributed by atoms with E-state index in [0.29, 0.717) is 30.4 Å². The molecule has 2 heterocycles. The standard InChI is InChI=1S/C18H24N4O6S/c1-13-10-17(20-28-13)19-18(23)12-21-6-8-22(9-7-21)29(24,25)16-11-14(26-2)4-5-15(16)27-3/h4-5,10-11H,6-9,12H2,1-3H3,(H,19,20,23). The van der Waals surface area contributed by atoms with Crippen molar-refractivity contribution in [3.63, 3.8) is 0 Å². The Morgan fingerprint density at radius 2 is 1.90 bits per heavy atom. The van der Waals surface area contributed by atoms with Crippen molar-refractivity contribution < 1.29 is 27.2 Å². The van der Waals surface area contributed by atoms with Crippen molar-refractivity contribution in [3.05, 3.63) is 30.0 Å². The molecule has 3 rings (SSSR count). The lowest BCUT2D eigenvalue weighted by atomic mass is 10.3. The predicted molar refractivity (Wildman–Crippen MR) is 105 cm³/mol. The van der Waals surface area contributed by atoms with Gasteiger partial charge in [-0.1, -0.05) is 5.16 Å². The van der Waals surface area contributed by atoms with Gasteiger partial charge in [-0.15, -0.1) is 0 Å². The van der Waals surface area contributed by atoms with E-state index >= 15 is 0 Å². The molecule has 0 unspecified atom stereocenters. The van der Waals surface area contributed by atoms with E-state index in [1.807, 2.05) is 4.90 Å². The number of aryl methyl sites for hydroxylation is 1. The molecule has 1 aromatic carbocycles. The first kappa shape index (κ1) is 21.1. The van der Waals surface area contributed by atoms with Crippen molar-refractivity contribution in [2.45, 2.75) is 11.8 Å². The van der Waals surface area contributed by atoms with Gasteiger partial charge in [0.05, 0.1) is 20.8 Å². The number of sulfonamides is 1. The highest BCUT2D eigenvalue weighted by atomic mass is 32.2. The molecule has 1 saturated heterocycles. The van der Waals surface area contributed by atoms with Crippen LogP contribution in [0.1, 0.15) is 5.76 Å². The number of amides is 1. The third-order valence-corrected chi connectivity index (χ3v) is 6.50. The second-order valence-electron chi connectivity index (χ2n) is 6.57. The lowest BCUT2D eigenvalue weighted by Gasteiger charge is -2.33. The van der Waals surface area contributed by atoms with Crippen LogP contribution in [0.3, 0.4) is 0 Å². The summed E-state index contributed by atoms with van der Waals surface area (Å²) in [5.74, 6) is 1.42. The van der Waals surface area contributed by atoms with Crippen LogP contribution >= 0.6 is 0 Å². The lowest BCUT2D eigenvalue weighted by Crippen LogP contribution is -2.50. The predicted octanol–water partition coefficient (Wildman–Crippen LogP) is 0.945. The Labute approximate surface area is 169 Å². The monoisotopic (exact) mass is 424 g/mol. The summed E-state index contributed by atoms with van der Waals surface area (Å²) in [4.78, 5) is 14.1. The summed E-state index contributed by atoms with van der Waals surface area (Å²) in [5.41, 5.74) is 0. The van der Waals surface area contributed by atoms with Gasteiger partial charge in [0, 0.05) is 38.3 Å². The minimum absolute atomic E-state index is 0.0620. The molecule has 0 spiro atoms. The summed E-state index contributed by atoms with van der Waals surface area (Å²) in [6, 6.07) is 6.29. The van der Waals surface area contributed by atoms with Crippen molar-refractivity contribution in [1.29, 1.82) is 0 Å². The van der Waals surface area contributed by atoms with Crippen LogP contribution in [0.2, 0.25) is 0 Å². The number of hydrogen-bond acceptors (Lipinski definition) is 8. The van der Waals surface area contributed by atoms with Crippen LogP contribution in [-0.2, 0) is 14.8 Å². The highest BCUT2D eigenvalue weighted by molar-refractivity contribution is 7.89. The van der Waals surface area contributed by atoms with E-state index in [2.05, 4.69) is 10.5 Å². The van der Waals surface area contributed by atoms with Crippen LogP contribution in [0.15, 0.2) is 33.7 Å². The fourth-order valence-corrected chi connectivity index (χ4v) is 4.66. The van der Waals surface area contributed by atoms with Crippen molar-refractivity contribution in [3.8, 4) is 11.5 Å².